The Morgan fingerprint density at radius 2 is 1.76 bits per heavy atom. The molecule has 0 atom stereocenters. The maximum atomic E-state index is 12.6. The number of para-hydroxylation sites is 2. The van der Waals surface area contributed by atoms with E-state index >= 15 is 0 Å². The molecule has 1 aliphatic carbocycles. The number of benzene rings is 2. The fourth-order valence-electron chi connectivity index (χ4n) is 2.68. The summed E-state index contributed by atoms with van der Waals surface area (Å²) in [5.41, 5.74) is 0.361. The van der Waals surface area contributed by atoms with Crippen molar-refractivity contribution in [2.45, 2.75) is 19.4 Å². The van der Waals surface area contributed by atoms with Gasteiger partial charge in [-0.15, -0.1) is 0 Å². The Hall–Kier alpha value is -2.53. The minimum Gasteiger partial charge on any atom is -0.496 e. The molecular weight excluding hydrogens is 340 g/mol. The standard InChI is InChI=1S/C19H19ClN2O3/c1-25-16-9-5-2-6-13(16)12-21-17(23)19(10-11-19)18(24)22-15-8-4-3-7-14(15)20/h2-9H,10-12H2,1H3,(H,21,23)(H,22,24). The Balaban J connectivity index is 1.65. The number of rotatable bonds is 6. The van der Waals surface area contributed by atoms with E-state index in [0.29, 0.717) is 35.8 Å². The van der Waals surface area contributed by atoms with E-state index in [1.807, 2.05) is 24.3 Å². The van der Waals surface area contributed by atoms with E-state index in [1.165, 1.54) is 0 Å². The summed E-state index contributed by atoms with van der Waals surface area (Å²) in [7, 11) is 1.58. The summed E-state index contributed by atoms with van der Waals surface area (Å²) < 4.78 is 5.27. The second-order valence-corrected chi connectivity index (χ2v) is 6.42. The van der Waals surface area contributed by atoms with Crippen molar-refractivity contribution in [3.63, 3.8) is 0 Å². The van der Waals surface area contributed by atoms with E-state index in [4.69, 9.17) is 16.3 Å². The lowest BCUT2D eigenvalue weighted by atomic mass is 10.0. The SMILES string of the molecule is COc1ccccc1CNC(=O)C1(C(=O)Nc2ccccc2Cl)CC1. The molecule has 1 aliphatic rings. The number of ether oxygens (including phenoxy) is 1. The van der Waals surface area contributed by atoms with Gasteiger partial charge in [0.15, 0.2) is 0 Å². The van der Waals surface area contributed by atoms with Crippen molar-refractivity contribution in [3.8, 4) is 5.75 Å². The third-order valence-electron chi connectivity index (χ3n) is 4.37. The quantitative estimate of drug-likeness (QED) is 0.778. The molecule has 2 aromatic carbocycles. The lowest BCUT2D eigenvalue weighted by Gasteiger charge is -2.16. The van der Waals surface area contributed by atoms with Crippen LogP contribution in [0.4, 0.5) is 5.69 Å². The molecule has 0 unspecified atom stereocenters. The average Bonchev–Trinajstić information content (AvgIpc) is 3.44. The second-order valence-electron chi connectivity index (χ2n) is 6.01. The van der Waals surface area contributed by atoms with Crippen LogP contribution < -0.4 is 15.4 Å². The molecule has 0 spiro atoms. The van der Waals surface area contributed by atoms with Crippen LogP contribution in [-0.2, 0) is 16.1 Å². The minimum absolute atomic E-state index is 0.275. The highest BCUT2D eigenvalue weighted by Crippen LogP contribution is 2.47. The van der Waals surface area contributed by atoms with Crippen LogP contribution in [0.25, 0.3) is 0 Å². The lowest BCUT2D eigenvalue weighted by molar-refractivity contribution is -0.134. The topological polar surface area (TPSA) is 67.4 Å². The number of hydrogen-bond donors (Lipinski definition) is 2. The molecule has 2 N–H and O–H groups in total. The molecule has 0 aliphatic heterocycles. The number of halogens is 1. The van der Waals surface area contributed by atoms with Gasteiger partial charge in [-0.05, 0) is 31.0 Å². The summed E-state index contributed by atoms with van der Waals surface area (Å²) in [6.07, 6.45) is 1.06. The van der Waals surface area contributed by atoms with E-state index in [1.54, 1.807) is 31.4 Å². The normalized spacial score (nSPS) is 14.5. The van der Waals surface area contributed by atoms with Crippen molar-refractivity contribution in [1.82, 2.24) is 5.32 Å². The van der Waals surface area contributed by atoms with Crippen LogP contribution in [0, 0.1) is 5.41 Å². The number of anilines is 1. The van der Waals surface area contributed by atoms with Crippen LogP contribution in [0.15, 0.2) is 48.5 Å². The molecule has 2 aromatic rings. The first-order valence-electron chi connectivity index (χ1n) is 8.03. The predicted octanol–water partition coefficient (Wildman–Crippen LogP) is 3.38. The molecule has 130 valence electrons. The van der Waals surface area contributed by atoms with Crippen LogP contribution in [0.3, 0.4) is 0 Å². The number of methoxy groups -OCH3 is 1. The highest BCUT2D eigenvalue weighted by molar-refractivity contribution is 6.34. The number of hydrogen-bond acceptors (Lipinski definition) is 3. The molecule has 0 aromatic heterocycles. The zero-order valence-corrected chi connectivity index (χ0v) is 14.6. The third-order valence-corrected chi connectivity index (χ3v) is 4.70. The number of nitrogens with one attached hydrogen (secondary N) is 2. The van der Waals surface area contributed by atoms with Crippen molar-refractivity contribution in [1.29, 1.82) is 0 Å². The minimum atomic E-state index is -1.01. The van der Waals surface area contributed by atoms with Gasteiger partial charge in [-0.25, -0.2) is 0 Å². The van der Waals surface area contributed by atoms with Gasteiger partial charge in [0, 0.05) is 12.1 Å². The van der Waals surface area contributed by atoms with E-state index in [-0.39, 0.29) is 11.8 Å². The first-order chi connectivity index (χ1) is 12.1. The molecule has 1 saturated carbocycles. The highest BCUT2D eigenvalue weighted by Gasteiger charge is 2.56. The summed E-state index contributed by atoms with van der Waals surface area (Å²) >= 11 is 6.06. The second kappa shape index (κ2) is 7.15. The van der Waals surface area contributed by atoms with Crippen molar-refractivity contribution < 1.29 is 14.3 Å². The summed E-state index contributed by atoms with van der Waals surface area (Å²) in [5, 5.41) is 6.05. The molecular formula is C19H19ClN2O3. The smallest absolute Gasteiger partial charge is 0.240 e. The summed E-state index contributed by atoms with van der Waals surface area (Å²) in [4.78, 5) is 25.1. The molecule has 0 bridgehead atoms. The number of amides is 2. The first-order valence-corrected chi connectivity index (χ1v) is 8.41. The van der Waals surface area contributed by atoms with Gasteiger partial charge in [-0.1, -0.05) is 41.9 Å². The Labute approximate surface area is 151 Å². The molecule has 3 rings (SSSR count). The summed E-state index contributed by atoms with van der Waals surface area (Å²) in [6, 6.07) is 14.4. The van der Waals surface area contributed by atoms with Gasteiger partial charge in [-0.2, -0.15) is 0 Å². The molecule has 25 heavy (non-hydrogen) atoms. The van der Waals surface area contributed by atoms with Crippen molar-refractivity contribution in [3.05, 3.63) is 59.1 Å². The van der Waals surface area contributed by atoms with Gasteiger partial charge in [0.05, 0.1) is 17.8 Å². The fourth-order valence-corrected chi connectivity index (χ4v) is 2.86. The molecule has 0 saturated heterocycles. The molecule has 0 radical (unpaired) electrons. The Kier molecular flexibility index (Phi) is 4.95. The van der Waals surface area contributed by atoms with Gasteiger partial charge < -0.3 is 15.4 Å². The number of carbonyl (C=O) groups is 2. The van der Waals surface area contributed by atoms with Gasteiger partial charge >= 0.3 is 0 Å². The lowest BCUT2D eigenvalue weighted by Crippen LogP contribution is -2.39. The van der Waals surface area contributed by atoms with Crippen LogP contribution in [-0.4, -0.2) is 18.9 Å². The largest absolute Gasteiger partial charge is 0.496 e. The average molecular weight is 359 g/mol. The van der Waals surface area contributed by atoms with Crippen molar-refractivity contribution in [2.75, 3.05) is 12.4 Å². The first kappa shape index (κ1) is 17.3. The van der Waals surface area contributed by atoms with Crippen molar-refractivity contribution in [2.24, 2.45) is 5.41 Å². The van der Waals surface area contributed by atoms with Crippen LogP contribution in [0.2, 0.25) is 5.02 Å². The van der Waals surface area contributed by atoms with Gasteiger partial charge in [-0.3, -0.25) is 9.59 Å². The van der Waals surface area contributed by atoms with Gasteiger partial charge in [0.2, 0.25) is 11.8 Å². The maximum Gasteiger partial charge on any atom is 0.240 e. The highest BCUT2D eigenvalue weighted by atomic mass is 35.5. The summed E-state index contributed by atoms with van der Waals surface area (Å²) in [6.45, 7) is 0.309. The predicted molar refractivity (Wildman–Crippen MR) is 96.6 cm³/mol. The molecule has 1 fully saturated rings. The van der Waals surface area contributed by atoms with Crippen LogP contribution in [0.1, 0.15) is 18.4 Å². The van der Waals surface area contributed by atoms with Crippen LogP contribution in [0.5, 0.6) is 5.75 Å². The monoisotopic (exact) mass is 358 g/mol. The zero-order chi connectivity index (χ0) is 17.9. The molecule has 0 heterocycles. The maximum absolute atomic E-state index is 12.6. The van der Waals surface area contributed by atoms with Gasteiger partial charge in [0.25, 0.3) is 0 Å². The van der Waals surface area contributed by atoms with Crippen LogP contribution >= 0.6 is 11.6 Å². The third kappa shape index (κ3) is 3.61. The number of carbonyl (C=O) groups excluding carboxylic acids is 2. The Morgan fingerprint density at radius 1 is 1.08 bits per heavy atom. The molecule has 6 heteroatoms. The Morgan fingerprint density at radius 3 is 2.44 bits per heavy atom. The fraction of sp³-hybridized carbons (Fsp3) is 0.263. The van der Waals surface area contributed by atoms with E-state index < -0.39 is 5.41 Å². The van der Waals surface area contributed by atoms with Crippen molar-refractivity contribution >= 4 is 29.1 Å². The molecule has 2 amide bonds. The zero-order valence-electron chi connectivity index (χ0n) is 13.8. The van der Waals surface area contributed by atoms with E-state index in [2.05, 4.69) is 10.6 Å². The summed E-state index contributed by atoms with van der Waals surface area (Å²) in [5.74, 6) is 0.106. The Bertz CT molecular complexity index is 803. The van der Waals surface area contributed by atoms with E-state index in [9.17, 15) is 9.59 Å². The van der Waals surface area contributed by atoms with Gasteiger partial charge in [0.1, 0.15) is 11.2 Å². The molecule has 5 nitrogen and oxygen atoms in total. The van der Waals surface area contributed by atoms with E-state index in [0.717, 1.165) is 5.56 Å².